The number of aliphatic carboxylic acids is 1. The van der Waals surface area contributed by atoms with Gasteiger partial charge in [0.1, 0.15) is 0 Å². The van der Waals surface area contributed by atoms with Gasteiger partial charge in [0.25, 0.3) is 0 Å². The van der Waals surface area contributed by atoms with Crippen molar-refractivity contribution < 1.29 is 9.90 Å². The molecule has 1 rings (SSSR count). The Morgan fingerprint density at radius 1 is 1.00 bits per heavy atom. The Hall–Kier alpha value is -0.530. The molecule has 0 unspecified atom stereocenters. The van der Waals surface area contributed by atoms with Crippen LogP contribution in [0.25, 0.3) is 0 Å². The molecule has 1 aliphatic rings. The minimum Gasteiger partial charge on any atom is -0.481 e. The van der Waals surface area contributed by atoms with Crippen molar-refractivity contribution in [2.45, 2.75) is 61.3 Å². The van der Waals surface area contributed by atoms with Gasteiger partial charge in [0.05, 0.1) is 5.41 Å². The minimum atomic E-state index is -0.660. The monoisotopic (exact) mass is 226 g/mol. The molecule has 1 aliphatic carbocycles. The summed E-state index contributed by atoms with van der Waals surface area (Å²) in [5.41, 5.74) is -1.17. The van der Waals surface area contributed by atoms with E-state index in [-0.39, 0.29) is 16.2 Å². The largest absolute Gasteiger partial charge is 0.481 e. The Morgan fingerprint density at radius 3 is 1.38 bits per heavy atom. The molecule has 0 radical (unpaired) electrons. The fourth-order valence-electron chi connectivity index (χ4n) is 4.40. The number of hydrogen-bond acceptors (Lipinski definition) is 1. The van der Waals surface area contributed by atoms with E-state index in [2.05, 4.69) is 48.5 Å². The van der Waals surface area contributed by atoms with Crippen molar-refractivity contribution in [3.63, 3.8) is 0 Å². The average Bonchev–Trinajstić information content (AvgIpc) is 2.60. The Balaban J connectivity index is 3.47. The molecule has 1 N–H and O–H groups in total. The molecule has 0 spiro atoms. The quantitative estimate of drug-likeness (QED) is 0.774. The molecular weight excluding hydrogens is 200 g/mol. The molecule has 2 nitrogen and oxygen atoms in total. The Kier molecular flexibility index (Phi) is 2.74. The molecular formula is C14H26O2. The summed E-state index contributed by atoms with van der Waals surface area (Å²) in [6.07, 6.45) is 2.07. The number of carbonyl (C=O) groups is 1. The highest BCUT2D eigenvalue weighted by Gasteiger charge is 2.70. The summed E-state index contributed by atoms with van der Waals surface area (Å²) in [6, 6.07) is 0. The molecule has 1 fully saturated rings. The number of carboxylic acid groups (broad SMARTS) is 1. The van der Waals surface area contributed by atoms with Crippen LogP contribution in [0.1, 0.15) is 61.3 Å². The molecule has 0 aromatic rings. The lowest BCUT2D eigenvalue weighted by atomic mass is 9.47. The van der Waals surface area contributed by atoms with Gasteiger partial charge in [-0.15, -0.1) is 0 Å². The van der Waals surface area contributed by atoms with E-state index in [1.807, 2.05) is 0 Å². The van der Waals surface area contributed by atoms with Crippen LogP contribution in [0, 0.1) is 21.7 Å². The van der Waals surface area contributed by atoms with E-state index in [0.29, 0.717) is 0 Å². The first-order chi connectivity index (χ1) is 6.90. The van der Waals surface area contributed by atoms with Crippen LogP contribution in [0.5, 0.6) is 0 Å². The van der Waals surface area contributed by atoms with Gasteiger partial charge < -0.3 is 5.11 Å². The van der Waals surface area contributed by atoms with E-state index in [1.54, 1.807) is 0 Å². The second kappa shape index (κ2) is 3.24. The first kappa shape index (κ1) is 13.5. The molecule has 16 heavy (non-hydrogen) atoms. The zero-order valence-corrected chi connectivity index (χ0v) is 11.8. The highest BCUT2D eigenvalue weighted by Crippen LogP contribution is 2.71. The molecule has 94 valence electrons. The van der Waals surface area contributed by atoms with Crippen LogP contribution < -0.4 is 0 Å². The van der Waals surface area contributed by atoms with E-state index < -0.39 is 11.4 Å². The summed E-state index contributed by atoms with van der Waals surface area (Å²) in [6.45, 7) is 14.5. The summed E-state index contributed by atoms with van der Waals surface area (Å²) >= 11 is 0. The third-order valence-corrected chi connectivity index (χ3v) is 4.48. The topological polar surface area (TPSA) is 37.3 Å². The second-order valence-corrected chi connectivity index (χ2v) is 7.62. The van der Waals surface area contributed by atoms with E-state index in [4.69, 9.17) is 0 Å². The van der Waals surface area contributed by atoms with Gasteiger partial charge in [-0.3, -0.25) is 4.79 Å². The summed E-state index contributed by atoms with van der Waals surface area (Å²) in [4.78, 5) is 12.0. The maximum Gasteiger partial charge on any atom is 0.311 e. The minimum absolute atomic E-state index is 0.0463. The maximum atomic E-state index is 12.0. The van der Waals surface area contributed by atoms with Crippen LogP contribution in [0.4, 0.5) is 0 Å². The third kappa shape index (κ3) is 1.49. The van der Waals surface area contributed by atoms with Crippen molar-refractivity contribution in [2.24, 2.45) is 21.7 Å². The van der Waals surface area contributed by atoms with Crippen molar-refractivity contribution in [1.82, 2.24) is 0 Å². The van der Waals surface area contributed by atoms with Gasteiger partial charge in [-0.25, -0.2) is 0 Å². The Bertz CT molecular complexity index is 274. The molecule has 0 bridgehead atoms. The van der Waals surface area contributed by atoms with Crippen LogP contribution in [0.2, 0.25) is 0 Å². The van der Waals surface area contributed by atoms with Gasteiger partial charge in [-0.2, -0.15) is 0 Å². The zero-order valence-electron chi connectivity index (χ0n) is 11.8. The second-order valence-electron chi connectivity index (χ2n) is 7.62. The molecule has 0 aromatic carbocycles. The first-order valence-corrected chi connectivity index (χ1v) is 6.13. The Labute approximate surface area is 99.4 Å². The van der Waals surface area contributed by atoms with E-state index in [9.17, 15) is 9.90 Å². The van der Waals surface area contributed by atoms with E-state index in [0.717, 1.165) is 12.8 Å². The number of rotatable bonds is 2. The molecule has 0 heterocycles. The molecule has 0 aliphatic heterocycles. The van der Waals surface area contributed by atoms with Gasteiger partial charge in [-0.05, 0) is 29.1 Å². The van der Waals surface area contributed by atoms with Crippen LogP contribution in [0.3, 0.4) is 0 Å². The fraction of sp³-hybridized carbons (Fsp3) is 0.929. The van der Waals surface area contributed by atoms with Crippen molar-refractivity contribution in [3.05, 3.63) is 0 Å². The van der Waals surface area contributed by atoms with Crippen LogP contribution in [0.15, 0.2) is 0 Å². The van der Waals surface area contributed by atoms with Crippen molar-refractivity contribution in [1.29, 1.82) is 0 Å². The fourth-order valence-corrected chi connectivity index (χ4v) is 4.40. The first-order valence-electron chi connectivity index (χ1n) is 6.13. The predicted molar refractivity (Wildman–Crippen MR) is 66.3 cm³/mol. The SMILES string of the molecule is CC(C)(C)C(C(=O)O)(C(C)(C)C)C1(C)CC1. The molecule has 0 aromatic heterocycles. The smallest absolute Gasteiger partial charge is 0.311 e. The van der Waals surface area contributed by atoms with Gasteiger partial charge >= 0.3 is 5.97 Å². The zero-order chi connectivity index (χ0) is 13.0. The van der Waals surface area contributed by atoms with Crippen LogP contribution in [-0.4, -0.2) is 11.1 Å². The lowest BCUT2D eigenvalue weighted by Gasteiger charge is -2.54. The molecule has 0 saturated heterocycles. The average molecular weight is 226 g/mol. The van der Waals surface area contributed by atoms with Crippen LogP contribution in [-0.2, 0) is 4.79 Å². The highest BCUT2D eigenvalue weighted by molar-refractivity contribution is 5.78. The standard InChI is InChI=1S/C14H26O2/c1-11(2,3)14(10(15)16,12(4,5)6)13(7)8-9-13/h8-9H2,1-7H3,(H,15,16). The van der Waals surface area contributed by atoms with E-state index >= 15 is 0 Å². The van der Waals surface area contributed by atoms with Crippen molar-refractivity contribution in [3.8, 4) is 0 Å². The van der Waals surface area contributed by atoms with Crippen molar-refractivity contribution >= 4 is 5.97 Å². The third-order valence-electron chi connectivity index (χ3n) is 4.48. The Morgan fingerprint density at radius 2 is 1.31 bits per heavy atom. The predicted octanol–water partition coefficient (Wildman–Crippen LogP) is 3.95. The normalized spacial score (nSPS) is 20.7. The molecule has 0 atom stereocenters. The maximum absolute atomic E-state index is 12.0. The van der Waals surface area contributed by atoms with E-state index in [1.165, 1.54) is 0 Å². The summed E-state index contributed by atoms with van der Waals surface area (Å²) in [7, 11) is 0. The molecule has 2 heteroatoms. The van der Waals surface area contributed by atoms with Crippen molar-refractivity contribution in [2.75, 3.05) is 0 Å². The number of carboxylic acids is 1. The lowest BCUT2D eigenvalue weighted by molar-refractivity contribution is -0.181. The summed E-state index contributed by atoms with van der Waals surface area (Å²) in [5, 5.41) is 9.87. The van der Waals surface area contributed by atoms with Gasteiger partial charge in [0.15, 0.2) is 0 Å². The number of hydrogen-bond donors (Lipinski definition) is 1. The lowest BCUT2D eigenvalue weighted by Crippen LogP contribution is -2.57. The van der Waals surface area contributed by atoms with Gasteiger partial charge in [-0.1, -0.05) is 48.5 Å². The summed E-state index contributed by atoms with van der Waals surface area (Å²) < 4.78 is 0. The van der Waals surface area contributed by atoms with Gasteiger partial charge in [0.2, 0.25) is 0 Å². The van der Waals surface area contributed by atoms with Crippen LogP contribution >= 0.6 is 0 Å². The molecule has 1 saturated carbocycles. The highest BCUT2D eigenvalue weighted by atomic mass is 16.4. The molecule has 0 amide bonds. The summed E-state index contributed by atoms with van der Waals surface area (Å²) in [5.74, 6) is -0.632. The van der Waals surface area contributed by atoms with Gasteiger partial charge in [0, 0.05) is 0 Å².